The van der Waals surface area contributed by atoms with Crippen molar-refractivity contribution < 1.29 is 36.6 Å². The highest BCUT2D eigenvalue weighted by Gasteiger charge is 2.35. The number of ether oxygens (including phenoxy) is 2. The number of rotatable bonds is 10. The van der Waals surface area contributed by atoms with Crippen LogP contribution in [0, 0.1) is 23.4 Å². The first-order valence-corrected chi connectivity index (χ1v) is 17.4. The fourth-order valence-electron chi connectivity index (χ4n) is 6.96. The number of alkyl halides is 1. The van der Waals surface area contributed by atoms with Crippen molar-refractivity contribution in [1.82, 2.24) is 25.3 Å². The number of carbonyl (C=O) groups excluding carboxylic acids is 2. The molecule has 0 bridgehead atoms. The highest BCUT2D eigenvalue weighted by Crippen LogP contribution is 2.35. The number of amides is 2. The van der Waals surface area contributed by atoms with Gasteiger partial charge in [0.1, 0.15) is 35.1 Å². The number of hydrogen-bond donors (Lipinski definition) is 1. The zero-order valence-electron chi connectivity index (χ0n) is 28.6. The van der Waals surface area contributed by atoms with Crippen LogP contribution in [0.2, 0.25) is 0 Å². The predicted molar refractivity (Wildman–Crippen MR) is 178 cm³/mol. The highest BCUT2D eigenvalue weighted by molar-refractivity contribution is 5.95. The molecule has 2 aromatic carbocycles. The minimum atomic E-state index is -1.36. The molecule has 3 fully saturated rings. The number of carbonyl (C=O) groups is 2. The summed E-state index contributed by atoms with van der Waals surface area (Å²) in [5.41, 5.74) is 0.0662. The molecule has 50 heavy (non-hydrogen) atoms. The molecule has 0 saturated carbocycles. The zero-order chi connectivity index (χ0) is 35.5. The second-order valence-electron chi connectivity index (χ2n) is 13.8. The van der Waals surface area contributed by atoms with Crippen LogP contribution in [0.15, 0.2) is 36.4 Å². The minimum absolute atomic E-state index is 0.000149. The molecule has 3 aliphatic rings. The molecule has 3 aliphatic heterocycles. The summed E-state index contributed by atoms with van der Waals surface area (Å²) in [6, 6.07) is 6.70. The first-order chi connectivity index (χ1) is 24.0. The lowest BCUT2D eigenvalue weighted by molar-refractivity contribution is -0.128. The molecule has 2 amide bonds. The van der Waals surface area contributed by atoms with Crippen LogP contribution in [0.5, 0.6) is 11.5 Å². The smallest absolute Gasteiger partial charge is 0.254 e. The summed E-state index contributed by atoms with van der Waals surface area (Å²) >= 11 is 0. The van der Waals surface area contributed by atoms with Crippen molar-refractivity contribution in [2.24, 2.45) is 5.92 Å². The number of nitrogens with one attached hydrogen (secondary N) is 1. The summed E-state index contributed by atoms with van der Waals surface area (Å²) in [7, 11) is 0. The van der Waals surface area contributed by atoms with E-state index >= 15 is 17.6 Å². The molecule has 4 heterocycles. The summed E-state index contributed by atoms with van der Waals surface area (Å²) in [6.07, 6.45) is 1.77. The van der Waals surface area contributed by atoms with E-state index in [-0.39, 0.29) is 59.6 Å². The lowest BCUT2D eigenvalue weighted by Crippen LogP contribution is -2.55. The van der Waals surface area contributed by atoms with Gasteiger partial charge < -0.3 is 19.7 Å². The van der Waals surface area contributed by atoms with E-state index in [1.165, 1.54) is 6.07 Å². The normalized spacial score (nSPS) is 22.0. The van der Waals surface area contributed by atoms with Crippen LogP contribution in [-0.4, -0.2) is 82.9 Å². The van der Waals surface area contributed by atoms with Gasteiger partial charge in [0.15, 0.2) is 0 Å². The molecule has 268 valence electrons. The molecule has 3 atom stereocenters. The van der Waals surface area contributed by atoms with Gasteiger partial charge in [-0.05, 0) is 55.4 Å². The molecular weight excluding hydrogens is 654 g/mol. The maximum absolute atomic E-state index is 15.7. The molecular formula is C37H43F4N5O4. The van der Waals surface area contributed by atoms with E-state index in [1.807, 2.05) is 20.8 Å². The lowest BCUT2D eigenvalue weighted by atomic mass is 9.98. The van der Waals surface area contributed by atoms with Gasteiger partial charge in [0, 0.05) is 69.6 Å². The number of nitrogens with zero attached hydrogens (tertiary/aromatic N) is 4. The molecule has 0 radical (unpaired) electrons. The van der Waals surface area contributed by atoms with Crippen LogP contribution in [0.25, 0.3) is 11.3 Å². The third-order valence-corrected chi connectivity index (χ3v) is 10.0. The quantitative estimate of drug-likeness (QED) is 0.240. The van der Waals surface area contributed by atoms with E-state index in [0.29, 0.717) is 44.8 Å². The predicted octanol–water partition coefficient (Wildman–Crippen LogP) is 6.56. The van der Waals surface area contributed by atoms with E-state index in [1.54, 1.807) is 11.0 Å². The van der Waals surface area contributed by atoms with Crippen molar-refractivity contribution >= 4 is 11.8 Å². The van der Waals surface area contributed by atoms with Crippen LogP contribution in [0.4, 0.5) is 17.6 Å². The first-order valence-electron chi connectivity index (χ1n) is 17.4. The van der Waals surface area contributed by atoms with Gasteiger partial charge in [0.25, 0.3) is 5.91 Å². The Bertz CT molecular complexity index is 1680. The van der Waals surface area contributed by atoms with E-state index in [9.17, 15) is 9.59 Å². The van der Waals surface area contributed by atoms with E-state index in [2.05, 4.69) is 20.4 Å². The van der Waals surface area contributed by atoms with Crippen molar-refractivity contribution in [3.63, 3.8) is 0 Å². The second kappa shape index (κ2) is 15.4. The Hall–Kier alpha value is -4.10. The van der Waals surface area contributed by atoms with Gasteiger partial charge in [-0.2, -0.15) is 10.2 Å². The third kappa shape index (κ3) is 7.94. The Morgan fingerprint density at radius 3 is 2.38 bits per heavy atom. The maximum atomic E-state index is 15.7. The molecule has 9 nitrogen and oxygen atoms in total. The van der Waals surface area contributed by atoms with Crippen LogP contribution in [0.1, 0.15) is 80.4 Å². The standard InChI is InChI=1S/C37H43F4N5O4/c1-4-22-13-35(47)46(18-22)19-23-14-27(38)26(37(48)42-32-7-10-45(20-30(32)41)24-8-11-49-12-9-24)17-34(23)50-25-15-28(39)36(29(40)16-25)33-6-5-31(21(2)3)43-44-33/h5-6,14-17,21-22,24,30,32H,4,7-13,18-20H2,1-3H3,(H,42,48). The molecule has 0 spiro atoms. The topological polar surface area (TPSA) is 96.9 Å². The third-order valence-electron chi connectivity index (χ3n) is 10.0. The highest BCUT2D eigenvalue weighted by atomic mass is 19.1. The number of halogens is 4. The van der Waals surface area contributed by atoms with Crippen LogP contribution < -0.4 is 10.1 Å². The Balaban J connectivity index is 1.25. The maximum Gasteiger partial charge on any atom is 0.254 e. The second-order valence-corrected chi connectivity index (χ2v) is 13.8. The molecule has 1 aromatic heterocycles. The fourth-order valence-corrected chi connectivity index (χ4v) is 6.96. The molecule has 3 aromatic rings. The lowest BCUT2D eigenvalue weighted by Gasteiger charge is -2.41. The molecule has 6 rings (SSSR count). The number of hydrogen-bond acceptors (Lipinski definition) is 7. The van der Waals surface area contributed by atoms with Gasteiger partial charge in [0.2, 0.25) is 5.91 Å². The summed E-state index contributed by atoms with van der Waals surface area (Å²) in [4.78, 5) is 29.8. The largest absolute Gasteiger partial charge is 0.457 e. The Morgan fingerprint density at radius 1 is 1.02 bits per heavy atom. The molecule has 1 N–H and O–H groups in total. The summed E-state index contributed by atoms with van der Waals surface area (Å²) < 4.78 is 73.2. The zero-order valence-corrected chi connectivity index (χ0v) is 28.6. The van der Waals surface area contributed by atoms with Gasteiger partial charge in [0.05, 0.1) is 28.6 Å². The summed E-state index contributed by atoms with van der Waals surface area (Å²) in [5.74, 6) is -3.87. The van der Waals surface area contributed by atoms with Crippen molar-refractivity contribution in [2.45, 2.75) is 83.6 Å². The number of benzene rings is 2. The first kappa shape index (κ1) is 35.7. The van der Waals surface area contributed by atoms with E-state index in [4.69, 9.17) is 9.47 Å². The van der Waals surface area contributed by atoms with Gasteiger partial charge in [-0.1, -0.05) is 27.2 Å². The number of likely N-dealkylation sites (tertiary alicyclic amines) is 2. The molecule has 0 aliphatic carbocycles. The van der Waals surface area contributed by atoms with Crippen LogP contribution in [0.3, 0.4) is 0 Å². The fraction of sp³-hybridized carbons (Fsp3) is 0.514. The van der Waals surface area contributed by atoms with Gasteiger partial charge in [-0.3, -0.25) is 14.5 Å². The van der Waals surface area contributed by atoms with Gasteiger partial charge in [-0.25, -0.2) is 17.6 Å². The summed E-state index contributed by atoms with van der Waals surface area (Å²) in [5, 5.41) is 10.7. The van der Waals surface area contributed by atoms with E-state index < -0.39 is 46.7 Å². The molecule has 3 unspecified atom stereocenters. The molecule has 3 saturated heterocycles. The Morgan fingerprint density at radius 2 is 1.76 bits per heavy atom. The van der Waals surface area contributed by atoms with Crippen LogP contribution in [-0.2, 0) is 16.1 Å². The number of aromatic nitrogens is 2. The monoisotopic (exact) mass is 697 g/mol. The SMILES string of the molecule is CCC1CC(=O)N(Cc2cc(F)c(C(=O)NC3CCN(C4CCOCC4)CC3F)cc2Oc2cc(F)c(-c3ccc(C(C)C)nn3)c(F)c2)C1. The van der Waals surface area contributed by atoms with Gasteiger partial charge >= 0.3 is 0 Å². The van der Waals surface area contributed by atoms with Crippen LogP contribution >= 0.6 is 0 Å². The average molecular weight is 698 g/mol. The Kier molecular flexibility index (Phi) is 11.0. The average Bonchev–Trinajstić information content (AvgIpc) is 3.45. The van der Waals surface area contributed by atoms with E-state index in [0.717, 1.165) is 43.5 Å². The minimum Gasteiger partial charge on any atom is -0.457 e. The van der Waals surface area contributed by atoms with Crippen molar-refractivity contribution in [1.29, 1.82) is 0 Å². The Labute approximate surface area is 289 Å². The molecule has 13 heteroatoms. The number of piperidine rings is 1. The van der Waals surface area contributed by atoms with Gasteiger partial charge in [-0.15, -0.1) is 0 Å². The van der Waals surface area contributed by atoms with Crippen molar-refractivity contribution in [2.75, 3.05) is 32.8 Å². The van der Waals surface area contributed by atoms with Crippen molar-refractivity contribution in [3.05, 3.63) is 70.7 Å². The van der Waals surface area contributed by atoms with Crippen molar-refractivity contribution in [3.8, 4) is 22.8 Å². The summed E-state index contributed by atoms with van der Waals surface area (Å²) in [6.45, 7) is 8.24.